The summed E-state index contributed by atoms with van der Waals surface area (Å²) in [5.41, 5.74) is 2.77. The van der Waals surface area contributed by atoms with Crippen LogP contribution < -0.4 is 10.0 Å². The van der Waals surface area contributed by atoms with Crippen molar-refractivity contribution in [3.63, 3.8) is 0 Å². The predicted octanol–water partition coefficient (Wildman–Crippen LogP) is 2.70. The molecule has 0 amide bonds. The highest BCUT2D eigenvalue weighted by molar-refractivity contribution is 7.92. The summed E-state index contributed by atoms with van der Waals surface area (Å²) in [7, 11) is -1.47. The van der Waals surface area contributed by atoms with E-state index in [0.29, 0.717) is 18.7 Å². The maximum Gasteiger partial charge on any atom is 0.232 e. The number of rotatable bonds is 7. The van der Waals surface area contributed by atoms with Crippen LogP contribution in [0.25, 0.3) is 11.1 Å². The maximum atomic E-state index is 11.9. The first kappa shape index (κ1) is 15.5. The Morgan fingerprint density at radius 2 is 1.52 bits per heavy atom. The monoisotopic (exact) mass is 304 g/mol. The molecule has 0 aliphatic heterocycles. The second kappa shape index (κ2) is 7.24. The molecule has 0 atom stereocenters. The molecule has 0 spiro atoms. The Hall–Kier alpha value is -1.85. The zero-order valence-corrected chi connectivity index (χ0v) is 12.9. The smallest absolute Gasteiger partial charge is 0.232 e. The molecule has 21 heavy (non-hydrogen) atoms. The van der Waals surface area contributed by atoms with E-state index in [1.54, 1.807) is 12.1 Å². The third-order valence-electron chi connectivity index (χ3n) is 3.11. The molecule has 0 bridgehead atoms. The second-order valence-corrected chi connectivity index (χ2v) is 6.66. The molecular weight excluding hydrogens is 284 g/mol. The number of sulfonamides is 1. The van der Waals surface area contributed by atoms with Gasteiger partial charge in [-0.1, -0.05) is 42.5 Å². The van der Waals surface area contributed by atoms with Gasteiger partial charge >= 0.3 is 0 Å². The van der Waals surface area contributed by atoms with Crippen molar-refractivity contribution < 1.29 is 8.42 Å². The second-order valence-electron chi connectivity index (χ2n) is 4.82. The standard InChI is InChI=1S/C16H20N2O2S/c1-17-12-5-13-21(19,20)18-16-10-8-15(9-11-16)14-6-3-2-4-7-14/h2-4,6-11,17-18H,5,12-13H2,1H3. The Morgan fingerprint density at radius 1 is 0.905 bits per heavy atom. The molecule has 0 aliphatic rings. The first-order valence-corrected chi connectivity index (χ1v) is 8.56. The lowest BCUT2D eigenvalue weighted by molar-refractivity contribution is 0.597. The van der Waals surface area contributed by atoms with E-state index in [-0.39, 0.29) is 5.75 Å². The topological polar surface area (TPSA) is 58.2 Å². The van der Waals surface area contributed by atoms with Crippen molar-refractivity contribution >= 4 is 15.7 Å². The summed E-state index contributed by atoms with van der Waals surface area (Å²) in [4.78, 5) is 0. The van der Waals surface area contributed by atoms with E-state index >= 15 is 0 Å². The third-order valence-corrected chi connectivity index (χ3v) is 4.48. The Morgan fingerprint density at radius 3 is 2.14 bits per heavy atom. The third kappa shape index (κ3) is 4.88. The van der Waals surface area contributed by atoms with Crippen molar-refractivity contribution in [2.24, 2.45) is 0 Å². The molecule has 0 heterocycles. The van der Waals surface area contributed by atoms with Crippen LogP contribution in [0.15, 0.2) is 54.6 Å². The summed E-state index contributed by atoms with van der Waals surface area (Å²) in [5, 5.41) is 2.94. The Bertz CT molecular complexity index is 652. The normalized spacial score (nSPS) is 11.3. The van der Waals surface area contributed by atoms with Crippen LogP contribution in [0.2, 0.25) is 0 Å². The van der Waals surface area contributed by atoms with E-state index in [1.165, 1.54) is 0 Å². The van der Waals surface area contributed by atoms with Crippen LogP contribution in [-0.2, 0) is 10.0 Å². The van der Waals surface area contributed by atoms with Gasteiger partial charge in [0, 0.05) is 5.69 Å². The molecule has 2 aromatic rings. The van der Waals surface area contributed by atoms with Crippen molar-refractivity contribution in [1.82, 2.24) is 5.32 Å². The van der Waals surface area contributed by atoms with E-state index in [1.807, 2.05) is 49.5 Å². The Balaban J connectivity index is 2.03. The van der Waals surface area contributed by atoms with Gasteiger partial charge in [-0.15, -0.1) is 0 Å². The van der Waals surface area contributed by atoms with Crippen molar-refractivity contribution in [2.75, 3.05) is 24.1 Å². The summed E-state index contributed by atoms with van der Waals surface area (Å²) in [6.45, 7) is 0.688. The summed E-state index contributed by atoms with van der Waals surface area (Å²) in [6, 6.07) is 17.4. The van der Waals surface area contributed by atoms with E-state index in [9.17, 15) is 8.42 Å². The average molecular weight is 304 g/mol. The molecule has 0 unspecified atom stereocenters. The highest BCUT2D eigenvalue weighted by Gasteiger charge is 2.09. The zero-order valence-electron chi connectivity index (χ0n) is 12.0. The van der Waals surface area contributed by atoms with Crippen LogP contribution >= 0.6 is 0 Å². The molecule has 2 rings (SSSR count). The number of anilines is 1. The summed E-state index contributed by atoms with van der Waals surface area (Å²) in [5.74, 6) is 0.119. The predicted molar refractivity (Wildman–Crippen MR) is 87.8 cm³/mol. The maximum absolute atomic E-state index is 11.9. The molecule has 4 nitrogen and oxygen atoms in total. The number of benzene rings is 2. The summed E-state index contributed by atoms with van der Waals surface area (Å²) < 4.78 is 26.4. The van der Waals surface area contributed by atoms with E-state index in [2.05, 4.69) is 10.0 Å². The van der Waals surface area contributed by atoms with Crippen molar-refractivity contribution in [2.45, 2.75) is 6.42 Å². The van der Waals surface area contributed by atoms with Gasteiger partial charge < -0.3 is 5.32 Å². The fourth-order valence-corrected chi connectivity index (χ4v) is 3.15. The van der Waals surface area contributed by atoms with Crippen molar-refractivity contribution in [3.05, 3.63) is 54.6 Å². The highest BCUT2D eigenvalue weighted by Crippen LogP contribution is 2.21. The lowest BCUT2D eigenvalue weighted by atomic mass is 10.1. The molecule has 5 heteroatoms. The Labute approximate surface area is 126 Å². The minimum Gasteiger partial charge on any atom is -0.320 e. The largest absolute Gasteiger partial charge is 0.320 e. The number of hydrogen-bond donors (Lipinski definition) is 2. The van der Waals surface area contributed by atoms with Crippen LogP contribution in [0.4, 0.5) is 5.69 Å². The molecule has 0 radical (unpaired) electrons. The molecule has 0 aromatic heterocycles. The molecule has 0 fully saturated rings. The molecule has 0 saturated heterocycles. The molecule has 0 saturated carbocycles. The van der Waals surface area contributed by atoms with Crippen molar-refractivity contribution in [1.29, 1.82) is 0 Å². The van der Waals surface area contributed by atoms with E-state index in [0.717, 1.165) is 11.1 Å². The van der Waals surface area contributed by atoms with E-state index in [4.69, 9.17) is 0 Å². The van der Waals surface area contributed by atoms with Gasteiger partial charge in [-0.25, -0.2) is 8.42 Å². The minimum absolute atomic E-state index is 0.119. The van der Waals surface area contributed by atoms with Crippen LogP contribution in [0.1, 0.15) is 6.42 Å². The fraction of sp³-hybridized carbons (Fsp3) is 0.250. The number of nitrogens with one attached hydrogen (secondary N) is 2. The lowest BCUT2D eigenvalue weighted by Crippen LogP contribution is -2.20. The van der Waals surface area contributed by atoms with Gasteiger partial charge in [0.05, 0.1) is 5.75 Å². The number of hydrogen-bond acceptors (Lipinski definition) is 3. The average Bonchev–Trinajstić information content (AvgIpc) is 2.49. The van der Waals surface area contributed by atoms with Crippen LogP contribution in [0.5, 0.6) is 0 Å². The van der Waals surface area contributed by atoms with Gasteiger partial charge in [-0.05, 0) is 43.3 Å². The molecule has 112 valence electrons. The van der Waals surface area contributed by atoms with Gasteiger partial charge in [0.15, 0.2) is 0 Å². The molecule has 2 aromatic carbocycles. The Kier molecular flexibility index (Phi) is 5.36. The van der Waals surface area contributed by atoms with Gasteiger partial charge in [-0.3, -0.25) is 4.72 Å². The molecule has 2 N–H and O–H groups in total. The fourth-order valence-electron chi connectivity index (χ4n) is 2.03. The van der Waals surface area contributed by atoms with Gasteiger partial charge in [0.1, 0.15) is 0 Å². The lowest BCUT2D eigenvalue weighted by Gasteiger charge is -2.09. The molecular formula is C16H20N2O2S. The van der Waals surface area contributed by atoms with Crippen molar-refractivity contribution in [3.8, 4) is 11.1 Å². The first-order valence-electron chi connectivity index (χ1n) is 6.91. The first-order chi connectivity index (χ1) is 10.1. The molecule has 0 aliphatic carbocycles. The summed E-state index contributed by atoms with van der Waals surface area (Å²) >= 11 is 0. The van der Waals surface area contributed by atoms with Gasteiger partial charge in [-0.2, -0.15) is 0 Å². The summed E-state index contributed by atoms with van der Waals surface area (Å²) in [6.07, 6.45) is 0.591. The van der Waals surface area contributed by atoms with Crippen LogP contribution in [0, 0.1) is 0 Å². The highest BCUT2D eigenvalue weighted by atomic mass is 32.2. The van der Waals surface area contributed by atoms with Gasteiger partial charge in [0.2, 0.25) is 10.0 Å². The zero-order chi connectivity index (χ0) is 15.1. The van der Waals surface area contributed by atoms with Crippen LogP contribution in [0.3, 0.4) is 0 Å². The van der Waals surface area contributed by atoms with E-state index < -0.39 is 10.0 Å². The van der Waals surface area contributed by atoms with Crippen LogP contribution in [-0.4, -0.2) is 27.8 Å². The minimum atomic E-state index is -3.27. The quantitative estimate of drug-likeness (QED) is 0.773. The van der Waals surface area contributed by atoms with Gasteiger partial charge in [0.25, 0.3) is 0 Å². The SMILES string of the molecule is CNCCCS(=O)(=O)Nc1ccc(-c2ccccc2)cc1.